The van der Waals surface area contributed by atoms with Gasteiger partial charge in [-0.25, -0.2) is 4.98 Å². The van der Waals surface area contributed by atoms with Crippen LogP contribution in [0, 0.1) is 0 Å². The van der Waals surface area contributed by atoms with E-state index in [9.17, 15) is 4.79 Å². The topological polar surface area (TPSA) is 54.0 Å². The lowest BCUT2D eigenvalue weighted by Gasteiger charge is -2.08. The summed E-state index contributed by atoms with van der Waals surface area (Å²) >= 11 is 5.84. The number of hydrogen-bond donors (Lipinski definition) is 2. The lowest BCUT2D eigenvalue weighted by Crippen LogP contribution is -2.13. The molecule has 0 radical (unpaired) electrons. The second kappa shape index (κ2) is 9.02. The highest BCUT2D eigenvalue weighted by Gasteiger charge is 2.07. The van der Waals surface area contributed by atoms with Gasteiger partial charge in [0, 0.05) is 17.3 Å². The van der Waals surface area contributed by atoms with Crippen LogP contribution in [0.2, 0.25) is 5.02 Å². The molecule has 0 saturated carbocycles. The third kappa shape index (κ3) is 5.33. The van der Waals surface area contributed by atoms with Gasteiger partial charge in [-0.3, -0.25) is 4.79 Å². The minimum Gasteiger partial charge on any atom is -0.384 e. The molecule has 3 rings (SSSR count). The van der Waals surface area contributed by atoms with Gasteiger partial charge in [0.25, 0.3) is 5.91 Å². The monoisotopic (exact) mass is 365 g/mol. The highest BCUT2D eigenvalue weighted by Crippen LogP contribution is 2.14. The van der Waals surface area contributed by atoms with Gasteiger partial charge in [0.1, 0.15) is 5.69 Å². The number of nitrogens with one attached hydrogen (secondary N) is 2. The Morgan fingerprint density at radius 3 is 2.35 bits per heavy atom. The fraction of sp³-hybridized carbons (Fsp3) is 0.143. The van der Waals surface area contributed by atoms with Crippen LogP contribution in [0.3, 0.4) is 0 Å². The van der Waals surface area contributed by atoms with Crippen molar-refractivity contribution in [1.82, 2.24) is 4.98 Å². The van der Waals surface area contributed by atoms with Gasteiger partial charge in [-0.15, -0.1) is 0 Å². The van der Waals surface area contributed by atoms with E-state index in [0.29, 0.717) is 16.4 Å². The summed E-state index contributed by atoms with van der Waals surface area (Å²) in [6.07, 6.45) is 3.74. The van der Waals surface area contributed by atoms with E-state index in [1.807, 2.05) is 12.1 Å². The van der Waals surface area contributed by atoms with Crippen LogP contribution in [-0.4, -0.2) is 17.4 Å². The quantitative estimate of drug-likeness (QED) is 0.577. The number of amides is 1. The van der Waals surface area contributed by atoms with E-state index in [-0.39, 0.29) is 5.91 Å². The lowest BCUT2D eigenvalue weighted by atomic mass is 10.1. The number of pyridine rings is 1. The number of hydrogen-bond acceptors (Lipinski definition) is 3. The molecule has 0 fully saturated rings. The number of rotatable bonds is 7. The van der Waals surface area contributed by atoms with Crippen LogP contribution >= 0.6 is 11.6 Å². The molecule has 1 aromatic heterocycles. The summed E-state index contributed by atoms with van der Waals surface area (Å²) in [5.41, 5.74) is 3.29. The predicted octanol–water partition coefficient (Wildman–Crippen LogP) is 5.03. The van der Waals surface area contributed by atoms with Gasteiger partial charge < -0.3 is 10.6 Å². The van der Waals surface area contributed by atoms with E-state index in [1.54, 1.807) is 36.5 Å². The maximum absolute atomic E-state index is 12.2. The molecule has 0 saturated heterocycles. The first-order chi connectivity index (χ1) is 12.7. The zero-order chi connectivity index (χ0) is 18.2. The van der Waals surface area contributed by atoms with E-state index in [2.05, 4.69) is 39.9 Å². The van der Waals surface area contributed by atoms with Crippen molar-refractivity contribution in [2.75, 3.05) is 17.2 Å². The van der Waals surface area contributed by atoms with Crippen LogP contribution in [-0.2, 0) is 6.42 Å². The van der Waals surface area contributed by atoms with Crippen molar-refractivity contribution in [2.24, 2.45) is 0 Å². The molecule has 0 aliphatic rings. The third-order valence-electron chi connectivity index (χ3n) is 3.91. The van der Waals surface area contributed by atoms with Gasteiger partial charge in [0.05, 0.1) is 11.9 Å². The van der Waals surface area contributed by atoms with Crippen molar-refractivity contribution in [3.63, 3.8) is 0 Å². The highest BCUT2D eigenvalue weighted by molar-refractivity contribution is 6.30. The molecule has 26 heavy (non-hydrogen) atoms. The van der Waals surface area contributed by atoms with Crippen LogP contribution < -0.4 is 10.6 Å². The van der Waals surface area contributed by atoms with Gasteiger partial charge in [0.2, 0.25) is 0 Å². The molecule has 1 amide bonds. The van der Waals surface area contributed by atoms with Crippen LogP contribution in [0.1, 0.15) is 22.5 Å². The molecular weight excluding hydrogens is 346 g/mol. The molecular formula is C21H20ClN3O. The minimum absolute atomic E-state index is 0.247. The largest absolute Gasteiger partial charge is 0.384 e. The summed E-state index contributed by atoms with van der Waals surface area (Å²) in [4.78, 5) is 16.4. The zero-order valence-corrected chi connectivity index (χ0v) is 15.0. The third-order valence-corrected chi connectivity index (χ3v) is 4.16. The molecule has 1 heterocycles. The molecule has 0 aliphatic carbocycles. The Morgan fingerprint density at radius 1 is 0.923 bits per heavy atom. The summed E-state index contributed by atoms with van der Waals surface area (Å²) in [5.74, 6) is -0.247. The zero-order valence-electron chi connectivity index (χ0n) is 14.3. The fourth-order valence-corrected chi connectivity index (χ4v) is 2.66. The smallest absolute Gasteiger partial charge is 0.274 e. The first-order valence-corrected chi connectivity index (χ1v) is 8.89. The van der Waals surface area contributed by atoms with E-state index in [1.165, 1.54) is 5.56 Å². The number of carbonyl (C=O) groups is 1. The van der Waals surface area contributed by atoms with Gasteiger partial charge >= 0.3 is 0 Å². The van der Waals surface area contributed by atoms with E-state index >= 15 is 0 Å². The van der Waals surface area contributed by atoms with Crippen molar-refractivity contribution >= 4 is 28.9 Å². The standard InChI is InChI=1S/C21H20ClN3O/c22-17-8-10-18(11-9-17)25-21(26)20-13-12-19(15-24-20)23-14-4-7-16-5-2-1-3-6-16/h1-3,5-6,8-13,15,23H,4,7,14H2,(H,25,26). The lowest BCUT2D eigenvalue weighted by molar-refractivity contribution is 0.102. The number of halogens is 1. The number of aryl methyl sites for hydroxylation is 1. The van der Waals surface area contributed by atoms with E-state index in [0.717, 1.165) is 25.1 Å². The Morgan fingerprint density at radius 2 is 1.65 bits per heavy atom. The molecule has 5 heteroatoms. The Balaban J connectivity index is 1.46. The Hall–Kier alpha value is -2.85. The SMILES string of the molecule is O=C(Nc1ccc(Cl)cc1)c1ccc(NCCCc2ccccc2)cn1. The van der Waals surface area contributed by atoms with Crippen molar-refractivity contribution in [1.29, 1.82) is 0 Å². The molecule has 0 aliphatic heterocycles. The minimum atomic E-state index is -0.247. The van der Waals surface area contributed by atoms with E-state index in [4.69, 9.17) is 11.6 Å². The maximum Gasteiger partial charge on any atom is 0.274 e. The van der Waals surface area contributed by atoms with Crippen molar-refractivity contribution in [2.45, 2.75) is 12.8 Å². The average molecular weight is 366 g/mol. The molecule has 132 valence electrons. The number of carbonyl (C=O) groups excluding carboxylic acids is 1. The van der Waals surface area contributed by atoms with Crippen LogP contribution in [0.5, 0.6) is 0 Å². The summed E-state index contributed by atoms with van der Waals surface area (Å²) in [5, 5.41) is 6.75. The normalized spacial score (nSPS) is 10.3. The Kier molecular flexibility index (Phi) is 6.23. The summed E-state index contributed by atoms with van der Waals surface area (Å²) in [6, 6.07) is 21.0. The highest BCUT2D eigenvalue weighted by atomic mass is 35.5. The van der Waals surface area contributed by atoms with Crippen LogP contribution in [0.4, 0.5) is 11.4 Å². The predicted molar refractivity (Wildman–Crippen MR) is 107 cm³/mol. The first-order valence-electron chi connectivity index (χ1n) is 8.51. The van der Waals surface area contributed by atoms with Gasteiger partial charge in [0.15, 0.2) is 0 Å². The number of nitrogens with zero attached hydrogens (tertiary/aromatic N) is 1. The first kappa shape index (κ1) is 18.0. The second-order valence-electron chi connectivity index (χ2n) is 5.91. The van der Waals surface area contributed by atoms with Gasteiger partial charge in [-0.05, 0) is 54.8 Å². The molecule has 4 nitrogen and oxygen atoms in total. The Labute approximate surface area is 158 Å². The van der Waals surface area contributed by atoms with Crippen LogP contribution in [0.25, 0.3) is 0 Å². The summed E-state index contributed by atoms with van der Waals surface area (Å²) in [6.45, 7) is 0.854. The molecule has 0 atom stereocenters. The molecule has 0 spiro atoms. The van der Waals surface area contributed by atoms with Gasteiger partial charge in [-0.1, -0.05) is 41.9 Å². The number of anilines is 2. The second-order valence-corrected chi connectivity index (χ2v) is 6.35. The molecule has 2 N–H and O–H groups in total. The van der Waals surface area contributed by atoms with Crippen molar-refractivity contribution in [3.05, 3.63) is 89.2 Å². The van der Waals surface area contributed by atoms with Gasteiger partial charge in [-0.2, -0.15) is 0 Å². The molecule has 3 aromatic rings. The van der Waals surface area contributed by atoms with Crippen molar-refractivity contribution < 1.29 is 4.79 Å². The summed E-state index contributed by atoms with van der Waals surface area (Å²) < 4.78 is 0. The molecule has 2 aromatic carbocycles. The fourth-order valence-electron chi connectivity index (χ4n) is 2.53. The number of benzene rings is 2. The average Bonchev–Trinajstić information content (AvgIpc) is 2.68. The maximum atomic E-state index is 12.2. The summed E-state index contributed by atoms with van der Waals surface area (Å²) in [7, 11) is 0. The van der Waals surface area contributed by atoms with E-state index < -0.39 is 0 Å². The van der Waals surface area contributed by atoms with Crippen molar-refractivity contribution in [3.8, 4) is 0 Å². The molecule has 0 bridgehead atoms. The molecule has 0 unspecified atom stereocenters. The Bertz CT molecular complexity index is 833. The number of aromatic nitrogens is 1. The van der Waals surface area contributed by atoms with Crippen LogP contribution in [0.15, 0.2) is 72.9 Å².